The molecule has 0 saturated heterocycles. The topological polar surface area (TPSA) is 41.5 Å². The van der Waals surface area contributed by atoms with E-state index in [1.54, 1.807) is 25.2 Å². The second-order valence-corrected chi connectivity index (χ2v) is 3.90. The Labute approximate surface area is 99.0 Å². The lowest BCUT2D eigenvalue weighted by Crippen LogP contribution is -2.34. The highest BCUT2D eigenvalue weighted by molar-refractivity contribution is 6.34. The van der Waals surface area contributed by atoms with Crippen LogP contribution >= 0.6 is 23.2 Å². The zero-order chi connectivity index (χ0) is 11.3. The highest BCUT2D eigenvalue weighted by atomic mass is 35.5. The van der Waals surface area contributed by atoms with Crippen LogP contribution in [0.25, 0.3) is 0 Å². The summed E-state index contributed by atoms with van der Waals surface area (Å²) in [6, 6.07) is 4.90. The van der Waals surface area contributed by atoms with Gasteiger partial charge in [0.1, 0.15) is 12.4 Å². The first-order chi connectivity index (χ1) is 7.17. The number of rotatable bonds is 5. The van der Waals surface area contributed by atoms with Gasteiger partial charge in [-0.3, -0.25) is 0 Å². The SMILES string of the molecule is CNC(CO)COc1cc(Cl)ccc1Cl. The van der Waals surface area contributed by atoms with E-state index in [0.717, 1.165) is 0 Å². The van der Waals surface area contributed by atoms with E-state index in [0.29, 0.717) is 22.4 Å². The third kappa shape index (κ3) is 3.87. The Balaban J connectivity index is 2.60. The number of hydrogen-bond donors (Lipinski definition) is 2. The van der Waals surface area contributed by atoms with Crippen LogP contribution in [0.2, 0.25) is 10.0 Å². The number of aliphatic hydroxyl groups excluding tert-OH is 1. The highest BCUT2D eigenvalue weighted by Gasteiger charge is 2.07. The van der Waals surface area contributed by atoms with Crippen molar-refractivity contribution in [2.24, 2.45) is 0 Å². The number of aliphatic hydroxyl groups is 1. The smallest absolute Gasteiger partial charge is 0.139 e. The molecule has 0 saturated carbocycles. The molecule has 15 heavy (non-hydrogen) atoms. The number of benzene rings is 1. The molecule has 1 atom stereocenters. The Morgan fingerprint density at radius 2 is 2.20 bits per heavy atom. The van der Waals surface area contributed by atoms with E-state index in [-0.39, 0.29) is 12.6 Å². The lowest BCUT2D eigenvalue weighted by Gasteiger charge is -2.15. The van der Waals surface area contributed by atoms with Crippen molar-refractivity contribution in [1.82, 2.24) is 5.32 Å². The molecule has 84 valence electrons. The van der Waals surface area contributed by atoms with Crippen LogP contribution in [0.5, 0.6) is 5.75 Å². The molecular weight excluding hydrogens is 237 g/mol. The van der Waals surface area contributed by atoms with Crippen molar-refractivity contribution >= 4 is 23.2 Å². The molecule has 0 aliphatic heterocycles. The zero-order valence-corrected chi connectivity index (χ0v) is 9.85. The second-order valence-electron chi connectivity index (χ2n) is 3.05. The molecular formula is C10H13Cl2NO2. The van der Waals surface area contributed by atoms with Crippen molar-refractivity contribution in [1.29, 1.82) is 0 Å². The van der Waals surface area contributed by atoms with E-state index in [9.17, 15) is 0 Å². The van der Waals surface area contributed by atoms with Crippen LogP contribution in [0.1, 0.15) is 0 Å². The Morgan fingerprint density at radius 3 is 2.80 bits per heavy atom. The summed E-state index contributed by atoms with van der Waals surface area (Å²) in [4.78, 5) is 0. The number of halogens is 2. The largest absolute Gasteiger partial charge is 0.490 e. The van der Waals surface area contributed by atoms with Crippen molar-refractivity contribution in [3.8, 4) is 5.75 Å². The predicted molar refractivity (Wildman–Crippen MR) is 61.9 cm³/mol. The first-order valence-electron chi connectivity index (χ1n) is 4.53. The summed E-state index contributed by atoms with van der Waals surface area (Å²) in [6.07, 6.45) is 0. The summed E-state index contributed by atoms with van der Waals surface area (Å²) >= 11 is 11.7. The van der Waals surface area contributed by atoms with Gasteiger partial charge in [-0.2, -0.15) is 0 Å². The predicted octanol–water partition coefficient (Wildman–Crippen LogP) is 1.95. The first-order valence-corrected chi connectivity index (χ1v) is 5.29. The Kier molecular flexibility index (Phi) is 5.19. The average Bonchev–Trinajstić information content (AvgIpc) is 2.24. The molecule has 0 aliphatic carbocycles. The van der Waals surface area contributed by atoms with E-state index in [1.165, 1.54) is 0 Å². The van der Waals surface area contributed by atoms with Gasteiger partial charge in [0, 0.05) is 11.1 Å². The maximum atomic E-state index is 8.93. The fourth-order valence-corrected chi connectivity index (χ4v) is 1.34. The molecule has 1 aromatic carbocycles. The van der Waals surface area contributed by atoms with Crippen LogP contribution in [0.3, 0.4) is 0 Å². The van der Waals surface area contributed by atoms with E-state index in [4.69, 9.17) is 33.0 Å². The van der Waals surface area contributed by atoms with Crippen LogP contribution in [-0.2, 0) is 0 Å². The molecule has 0 aromatic heterocycles. The quantitative estimate of drug-likeness (QED) is 0.839. The third-order valence-electron chi connectivity index (χ3n) is 1.96. The molecule has 0 amide bonds. The lowest BCUT2D eigenvalue weighted by molar-refractivity contribution is 0.189. The minimum atomic E-state index is -0.111. The van der Waals surface area contributed by atoms with Gasteiger partial charge in [-0.25, -0.2) is 0 Å². The Hall–Kier alpha value is -0.480. The second kappa shape index (κ2) is 6.18. The summed E-state index contributed by atoms with van der Waals surface area (Å²) in [5, 5.41) is 12.9. The number of nitrogens with one attached hydrogen (secondary N) is 1. The number of hydrogen-bond acceptors (Lipinski definition) is 3. The molecule has 5 heteroatoms. The van der Waals surface area contributed by atoms with Crippen LogP contribution < -0.4 is 10.1 Å². The minimum Gasteiger partial charge on any atom is -0.490 e. The average molecular weight is 250 g/mol. The van der Waals surface area contributed by atoms with Gasteiger partial charge in [0.25, 0.3) is 0 Å². The summed E-state index contributed by atoms with van der Waals surface area (Å²) in [6.45, 7) is 0.349. The van der Waals surface area contributed by atoms with Crippen LogP contribution in [0, 0.1) is 0 Å². The van der Waals surface area contributed by atoms with Gasteiger partial charge >= 0.3 is 0 Å². The molecule has 0 bridgehead atoms. The summed E-state index contributed by atoms with van der Waals surface area (Å²) in [5.74, 6) is 0.526. The molecule has 3 nitrogen and oxygen atoms in total. The Bertz CT molecular complexity index is 316. The molecule has 0 fully saturated rings. The standard InChI is InChI=1S/C10H13Cl2NO2/c1-13-8(5-14)6-15-10-4-7(11)2-3-9(10)12/h2-4,8,13-14H,5-6H2,1H3. The van der Waals surface area contributed by atoms with E-state index < -0.39 is 0 Å². The van der Waals surface area contributed by atoms with Gasteiger partial charge < -0.3 is 15.2 Å². The molecule has 0 heterocycles. The number of ether oxygens (including phenoxy) is 1. The molecule has 0 spiro atoms. The minimum absolute atomic E-state index is 0.00862. The van der Waals surface area contributed by atoms with E-state index in [2.05, 4.69) is 5.32 Å². The lowest BCUT2D eigenvalue weighted by atomic mass is 10.3. The molecule has 1 aromatic rings. The zero-order valence-electron chi connectivity index (χ0n) is 8.34. The van der Waals surface area contributed by atoms with Gasteiger partial charge in [-0.1, -0.05) is 23.2 Å². The molecule has 0 radical (unpaired) electrons. The highest BCUT2D eigenvalue weighted by Crippen LogP contribution is 2.27. The van der Waals surface area contributed by atoms with Crippen molar-refractivity contribution in [2.75, 3.05) is 20.3 Å². The van der Waals surface area contributed by atoms with Crippen LogP contribution in [0.4, 0.5) is 0 Å². The van der Waals surface area contributed by atoms with Crippen molar-refractivity contribution < 1.29 is 9.84 Å². The maximum Gasteiger partial charge on any atom is 0.139 e. The van der Waals surface area contributed by atoms with E-state index >= 15 is 0 Å². The fraction of sp³-hybridized carbons (Fsp3) is 0.400. The summed E-state index contributed by atoms with van der Waals surface area (Å²) < 4.78 is 5.42. The van der Waals surface area contributed by atoms with Crippen molar-refractivity contribution in [2.45, 2.75) is 6.04 Å². The fourth-order valence-electron chi connectivity index (χ4n) is 1.01. The summed E-state index contributed by atoms with van der Waals surface area (Å²) in [7, 11) is 1.75. The van der Waals surface area contributed by atoms with Gasteiger partial charge in [-0.15, -0.1) is 0 Å². The van der Waals surface area contributed by atoms with Gasteiger partial charge in [0.15, 0.2) is 0 Å². The van der Waals surface area contributed by atoms with Gasteiger partial charge in [0.05, 0.1) is 17.7 Å². The summed E-state index contributed by atoms with van der Waals surface area (Å²) in [5.41, 5.74) is 0. The van der Waals surface area contributed by atoms with E-state index in [1.807, 2.05) is 0 Å². The van der Waals surface area contributed by atoms with Gasteiger partial charge in [-0.05, 0) is 19.2 Å². The monoisotopic (exact) mass is 249 g/mol. The number of likely N-dealkylation sites (N-methyl/N-ethyl adjacent to an activating group) is 1. The van der Waals surface area contributed by atoms with Crippen LogP contribution in [0.15, 0.2) is 18.2 Å². The molecule has 0 aliphatic rings. The first kappa shape index (κ1) is 12.6. The molecule has 1 rings (SSSR count). The maximum absolute atomic E-state index is 8.93. The van der Waals surface area contributed by atoms with Gasteiger partial charge in [0.2, 0.25) is 0 Å². The van der Waals surface area contributed by atoms with Crippen molar-refractivity contribution in [3.63, 3.8) is 0 Å². The Morgan fingerprint density at radius 1 is 1.47 bits per heavy atom. The third-order valence-corrected chi connectivity index (χ3v) is 2.51. The van der Waals surface area contributed by atoms with Crippen LogP contribution in [-0.4, -0.2) is 31.4 Å². The molecule has 1 unspecified atom stereocenters. The van der Waals surface area contributed by atoms with Crippen molar-refractivity contribution in [3.05, 3.63) is 28.2 Å². The molecule has 2 N–H and O–H groups in total. The normalized spacial score (nSPS) is 12.5.